The summed E-state index contributed by atoms with van der Waals surface area (Å²) in [6.07, 6.45) is 0. The SMILES string of the molecule is Cc1cccc(C(C)c2ccccc2CO)c1. The van der Waals surface area contributed by atoms with E-state index >= 15 is 0 Å². The summed E-state index contributed by atoms with van der Waals surface area (Å²) in [7, 11) is 0. The van der Waals surface area contributed by atoms with Crippen molar-refractivity contribution in [1.29, 1.82) is 0 Å². The van der Waals surface area contributed by atoms with Gasteiger partial charge in [0.15, 0.2) is 0 Å². The first-order valence-corrected chi connectivity index (χ1v) is 5.97. The van der Waals surface area contributed by atoms with Gasteiger partial charge in [-0.05, 0) is 23.6 Å². The van der Waals surface area contributed by atoms with Crippen molar-refractivity contribution in [3.8, 4) is 0 Å². The molecule has 0 heterocycles. The number of benzene rings is 2. The second-order valence-corrected chi connectivity index (χ2v) is 4.49. The summed E-state index contributed by atoms with van der Waals surface area (Å²) < 4.78 is 0. The molecular weight excluding hydrogens is 208 g/mol. The Bertz CT molecular complexity index is 502. The zero-order chi connectivity index (χ0) is 12.3. The van der Waals surface area contributed by atoms with Gasteiger partial charge in [0.05, 0.1) is 6.61 Å². The number of aliphatic hydroxyl groups excluding tert-OH is 1. The van der Waals surface area contributed by atoms with Crippen LogP contribution in [0.4, 0.5) is 0 Å². The van der Waals surface area contributed by atoms with E-state index in [1.54, 1.807) is 0 Å². The van der Waals surface area contributed by atoms with Gasteiger partial charge in [-0.25, -0.2) is 0 Å². The summed E-state index contributed by atoms with van der Waals surface area (Å²) in [6, 6.07) is 16.6. The minimum Gasteiger partial charge on any atom is -0.392 e. The molecule has 0 radical (unpaired) electrons. The van der Waals surface area contributed by atoms with E-state index in [9.17, 15) is 5.11 Å². The smallest absolute Gasteiger partial charge is 0.0684 e. The van der Waals surface area contributed by atoms with Crippen LogP contribution in [0.2, 0.25) is 0 Å². The van der Waals surface area contributed by atoms with Crippen LogP contribution in [-0.2, 0) is 6.61 Å². The van der Waals surface area contributed by atoms with E-state index < -0.39 is 0 Å². The minimum atomic E-state index is 0.104. The molecule has 0 aromatic heterocycles. The highest BCUT2D eigenvalue weighted by Crippen LogP contribution is 2.27. The molecule has 0 fully saturated rings. The second kappa shape index (κ2) is 5.15. The molecule has 2 aromatic rings. The Kier molecular flexibility index (Phi) is 3.60. The van der Waals surface area contributed by atoms with Gasteiger partial charge in [0.1, 0.15) is 0 Å². The van der Waals surface area contributed by atoms with Crippen LogP contribution in [0.5, 0.6) is 0 Å². The van der Waals surface area contributed by atoms with E-state index in [0.29, 0.717) is 5.92 Å². The summed E-state index contributed by atoms with van der Waals surface area (Å²) in [5.74, 6) is 0.318. The van der Waals surface area contributed by atoms with E-state index in [4.69, 9.17) is 0 Å². The molecule has 0 aliphatic rings. The van der Waals surface area contributed by atoms with Crippen LogP contribution in [0.25, 0.3) is 0 Å². The fourth-order valence-corrected chi connectivity index (χ4v) is 2.22. The largest absolute Gasteiger partial charge is 0.392 e. The maximum Gasteiger partial charge on any atom is 0.0684 e. The lowest BCUT2D eigenvalue weighted by atomic mass is 9.89. The molecule has 1 N–H and O–H groups in total. The third-order valence-corrected chi connectivity index (χ3v) is 3.23. The first-order chi connectivity index (χ1) is 8.22. The van der Waals surface area contributed by atoms with Gasteiger partial charge < -0.3 is 5.11 Å². The highest BCUT2D eigenvalue weighted by Gasteiger charge is 2.11. The Balaban J connectivity index is 2.40. The zero-order valence-electron chi connectivity index (χ0n) is 10.4. The summed E-state index contributed by atoms with van der Waals surface area (Å²) in [5, 5.41) is 9.37. The summed E-state index contributed by atoms with van der Waals surface area (Å²) in [6.45, 7) is 4.39. The molecule has 2 aromatic carbocycles. The van der Waals surface area contributed by atoms with E-state index in [0.717, 1.165) is 5.56 Å². The van der Waals surface area contributed by atoms with Crippen molar-refractivity contribution in [3.63, 3.8) is 0 Å². The molecule has 0 bridgehead atoms. The molecule has 17 heavy (non-hydrogen) atoms. The van der Waals surface area contributed by atoms with Crippen LogP contribution in [0.15, 0.2) is 48.5 Å². The summed E-state index contributed by atoms with van der Waals surface area (Å²) >= 11 is 0. The lowest BCUT2D eigenvalue weighted by Gasteiger charge is -2.16. The highest BCUT2D eigenvalue weighted by atomic mass is 16.3. The Morgan fingerprint density at radius 3 is 2.53 bits per heavy atom. The normalized spacial score (nSPS) is 12.4. The molecule has 0 spiro atoms. The van der Waals surface area contributed by atoms with Crippen LogP contribution in [0, 0.1) is 6.92 Å². The van der Waals surface area contributed by atoms with Gasteiger partial charge >= 0.3 is 0 Å². The highest BCUT2D eigenvalue weighted by molar-refractivity contribution is 5.38. The third-order valence-electron chi connectivity index (χ3n) is 3.23. The number of aryl methyl sites for hydroxylation is 1. The quantitative estimate of drug-likeness (QED) is 0.847. The number of rotatable bonds is 3. The molecule has 1 heteroatoms. The van der Waals surface area contributed by atoms with Gasteiger partial charge in [0, 0.05) is 5.92 Å². The number of aliphatic hydroxyl groups is 1. The Labute approximate surface area is 103 Å². The van der Waals surface area contributed by atoms with E-state index in [-0.39, 0.29) is 6.61 Å². The molecular formula is C16H18O. The van der Waals surface area contributed by atoms with Crippen LogP contribution in [0.3, 0.4) is 0 Å². The van der Waals surface area contributed by atoms with E-state index in [2.05, 4.69) is 44.2 Å². The minimum absolute atomic E-state index is 0.104. The standard InChI is InChI=1S/C16H18O/c1-12-6-5-8-14(10-12)13(2)16-9-4-3-7-15(16)11-17/h3-10,13,17H,11H2,1-2H3. The molecule has 0 saturated carbocycles. The molecule has 88 valence electrons. The fourth-order valence-electron chi connectivity index (χ4n) is 2.22. The van der Waals surface area contributed by atoms with Gasteiger partial charge in [-0.3, -0.25) is 0 Å². The van der Waals surface area contributed by atoms with Crippen molar-refractivity contribution in [2.75, 3.05) is 0 Å². The summed E-state index contributed by atoms with van der Waals surface area (Å²) in [5.41, 5.74) is 4.80. The van der Waals surface area contributed by atoms with Gasteiger partial charge in [-0.15, -0.1) is 0 Å². The molecule has 2 rings (SSSR count). The van der Waals surface area contributed by atoms with Crippen LogP contribution in [-0.4, -0.2) is 5.11 Å². The first-order valence-electron chi connectivity index (χ1n) is 5.97. The van der Waals surface area contributed by atoms with Gasteiger partial charge in [0.2, 0.25) is 0 Å². The monoisotopic (exact) mass is 226 g/mol. The van der Waals surface area contributed by atoms with E-state index in [1.807, 2.05) is 18.2 Å². The fraction of sp³-hybridized carbons (Fsp3) is 0.250. The topological polar surface area (TPSA) is 20.2 Å². The third kappa shape index (κ3) is 2.56. The van der Waals surface area contributed by atoms with Crippen molar-refractivity contribution < 1.29 is 5.11 Å². The Morgan fingerprint density at radius 1 is 1.06 bits per heavy atom. The maximum atomic E-state index is 9.37. The summed E-state index contributed by atoms with van der Waals surface area (Å²) in [4.78, 5) is 0. The first kappa shape index (κ1) is 11.9. The van der Waals surface area contributed by atoms with Crippen LogP contribution >= 0.6 is 0 Å². The van der Waals surface area contributed by atoms with Gasteiger partial charge in [-0.2, -0.15) is 0 Å². The van der Waals surface area contributed by atoms with Crippen LogP contribution < -0.4 is 0 Å². The molecule has 1 unspecified atom stereocenters. The molecule has 0 saturated heterocycles. The second-order valence-electron chi connectivity index (χ2n) is 4.49. The van der Waals surface area contributed by atoms with Crippen molar-refractivity contribution in [2.45, 2.75) is 26.4 Å². The van der Waals surface area contributed by atoms with Crippen molar-refractivity contribution in [2.24, 2.45) is 0 Å². The maximum absolute atomic E-state index is 9.37. The predicted octanol–water partition coefficient (Wildman–Crippen LogP) is 3.64. The number of hydrogen-bond acceptors (Lipinski definition) is 1. The molecule has 0 aliphatic heterocycles. The molecule has 0 aliphatic carbocycles. The average Bonchev–Trinajstić information content (AvgIpc) is 2.38. The van der Waals surface area contributed by atoms with Crippen LogP contribution in [0.1, 0.15) is 35.1 Å². The van der Waals surface area contributed by atoms with E-state index in [1.165, 1.54) is 16.7 Å². The predicted molar refractivity (Wildman–Crippen MR) is 71.1 cm³/mol. The van der Waals surface area contributed by atoms with Gasteiger partial charge in [0.25, 0.3) is 0 Å². The Hall–Kier alpha value is -1.60. The zero-order valence-corrected chi connectivity index (χ0v) is 10.4. The van der Waals surface area contributed by atoms with Gasteiger partial charge in [-0.1, -0.05) is 61.0 Å². The molecule has 1 atom stereocenters. The lowest BCUT2D eigenvalue weighted by Crippen LogP contribution is -2.01. The molecule has 0 amide bonds. The van der Waals surface area contributed by atoms with Crippen molar-refractivity contribution in [3.05, 3.63) is 70.8 Å². The van der Waals surface area contributed by atoms with Crippen molar-refractivity contribution in [1.82, 2.24) is 0 Å². The van der Waals surface area contributed by atoms with Crippen molar-refractivity contribution >= 4 is 0 Å². The lowest BCUT2D eigenvalue weighted by molar-refractivity contribution is 0.280. The molecule has 1 nitrogen and oxygen atoms in total. The Morgan fingerprint density at radius 2 is 1.82 bits per heavy atom. The average molecular weight is 226 g/mol. The number of hydrogen-bond donors (Lipinski definition) is 1.